The van der Waals surface area contributed by atoms with Gasteiger partial charge in [-0.1, -0.05) is 0 Å². The van der Waals surface area contributed by atoms with E-state index < -0.39 is 18.1 Å². The molecule has 1 aliphatic heterocycles. The molecule has 0 aromatic rings. The van der Waals surface area contributed by atoms with Crippen LogP contribution in [0.15, 0.2) is 0 Å². The summed E-state index contributed by atoms with van der Waals surface area (Å²) in [6.07, 6.45) is -4.04. The number of nitriles is 1. The molecule has 17 heavy (non-hydrogen) atoms. The van der Waals surface area contributed by atoms with Crippen molar-refractivity contribution in [3.05, 3.63) is 0 Å². The van der Waals surface area contributed by atoms with Crippen LogP contribution in [-0.2, 0) is 9.53 Å². The van der Waals surface area contributed by atoms with Gasteiger partial charge in [-0.05, 0) is 13.0 Å². The number of carbonyl (C=O) groups excluding carboxylic acids is 1. The van der Waals surface area contributed by atoms with E-state index in [0.29, 0.717) is 13.0 Å². The van der Waals surface area contributed by atoms with Crippen LogP contribution in [0.25, 0.3) is 0 Å². The molecule has 0 aliphatic carbocycles. The van der Waals surface area contributed by atoms with E-state index in [4.69, 9.17) is 5.26 Å². The molecule has 2 atom stereocenters. The summed E-state index contributed by atoms with van der Waals surface area (Å²) in [6.45, 7) is 0.225. The van der Waals surface area contributed by atoms with Gasteiger partial charge in [-0.15, -0.1) is 0 Å². The minimum atomic E-state index is -4.52. The average Bonchev–Trinajstić information content (AvgIpc) is 2.71. The van der Waals surface area contributed by atoms with Crippen LogP contribution in [0.5, 0.6) is 0 Å². The van der Waals surface area contributed by atoms with Crippen molar-refractivity contribution in [2.75, 3.05) is 26.7 Å². The molecule has 1 rings (SSSR count). The first-order valence-corrected chi connectivity index (χ1v) is 5.15. The van der Waals surface area contributed by atoms with Gasteiger partial charge in [0.25, 0.3) is 0 Å². The van der Waals surface area contributed by atoms with Gasteiger partial charge in [-0.25, -0.2) is 0 Å². The van der Waals surface area contributed by atoms with Crippen molar-refractivity contribution in [3.63, 3.8) is 0 Å². The Bertz CT molecular complexity index is 324. The molecular weight excluding hydrogens is 237 g/mol. The Morgan fingerprint density at radius 1 is 1.65 bits per heavy atom. The predicted molar refractivity (Wildman–Crippen MR) is 51.7 cm³/mol. The highest BCUT2D eigenvalue weighted by atomic mass is 19.4. The average molecular weight is 250 g/mol. The van der Waals surface area contributed by atoms with Crippen LogP contribution in [0, 0.1) is 23.2 Å². The van der Waals surface area contributed by atoms with E-state index in [9.17, 15) is 18.0 Å². The van der Waals surface area contributed by atoms with Crippen LogP contribution in [0.3, 0.4) is 0 Å². The molecule has 0 bridgehead atoms. The number of hydrogen-bond donors (Lipinski definition) is 0. The fraction of sp³-hybridized carbons (Fsp3) is 0.800. The first-order valence-electron chi connectivity index (χ1n) is 5.15. The highest BCUT2D eigenvalue weighted by Gasteiger charge is 2.42. The fourth-order valence-electron chi connectivity index (χ4n) is 1.83. The number of alkyl halides is 3. The van der Waals surface area contributed by atoms with Gasteiger partial charge in [0.2, 0.25) is 0 Å². The molecule has 2 unspecified atom stereocenters. The minimum Gasteiger partial charge on any atom is -0.469 e. The molecule has 0 radical (unpaired) electrons. The van der Waals surface area contributed by atoms with Gasteiger partial charge in [0, 0.05) is 13.1 Å². The number of hydrogen-bond acceptors (Lipinski definition) is 4. The maximum atomic E-state index is 12.4. The number of nitrogens with zero attached hydrogens (tertiary/aromatic N) is 2. The number of esters is 1. The summed E-state index contributed by atoms with van der Waals surface area (Å²) in [7, 11) is 1.25. The third-order valence-electron chi connectivity index (χ3n) is 2.80. The Labute approximate surface area is 96.9 Å². The van der Waals surface area contributed by atoms with Crippen molar-refractivity contribution in [1.82, 2.24) is 4.90 Å². The standard InChI is InChI=1S/C10H13F3N2O2/c1-17-9(16)7-2-3-15(5-7)6-8(4-14)10(11,12)13/h7-8H,2-3,5-6H2,1H3. The van der Waals surface area contributed by atoms with E-state index in [1.54, 1.807) is 0 Å². The number of likely N-dealkylation sites (tertiary alicyclic amines) is 1. The van der Waals surface area contributed by atoms with Gasteiger partial charge < -0.3 is 9.64 Å². The van der Waals surface area contributed by atoms with Crippen molar-refractivity contribution >= 4 is 5.97 Å². The van der Waals surface area contributed by atoms with E-state index in [0.717, 1.165) is 0 Å². The summed E-state index contributed by atoms with van der Waals surface area (Å²) < 4.78 is 41.6. The molecule has 96 valence electrons. The minimum absolute atomic E-state index is 0.223. The maximum Gasteiger partial charge on any atom is 0.405 e. The van der Waals surface area contributed by atoms with Crippen LogP contribution >= 0.6 is 0 Å². The zero-order valence-electron chi connectivity index (χ0n) is 9.33. The van der Waals surface area contributed by atoms with Crippen molar-refractivity contribution in [3.8, 4) is 6.07 Å². The zero-order chi connectivity index (χ0) is 13.1. The molecule has 4 nitrogen and oxygen atoms in total. The molecule has 7 heteroatoms. The van der Waals surface area contributed by atoms with Crippen LogP contribution in [-0.4, -0.2) is 43.8 Å². The van der Waals surface area contributed by atoms with Gasteiger partial charge in [0.1, 0.15) is 0 Å². The number of carbonyl (C=O) groups is 1. The lowest BCUT2D eigenvalue weighted by Gasteiger charge is -2.20. The fourth-order valence-corrected chi connectivity index (χ4v) is 1.83. The highest BCUT2D eigenvalue weighted by Crippen LogP contribution is 2.28. The van der Waals surface area contributed by atoms with E-state index in [2.05, 4.69) is 4.74 Å². The van der Waals surface area contributed by atoms with Crippen molar-refractivity contribution in [1.29, 1.82) is 5.26 Å². The van der Waals surface area contributed by atoms with Crippen molar-refractivity contribution < 1.29 is 22.7 Å². The first-order chi connectivity index (χ1) is 7.88. The Hall–Kier alpha value is -1.29. The number of ether oxygens (including phenoxy) is 1. The SMILES string of the molecule is COC(=O)C1CCN(CC(C#N)C(F)(F)F)C1. The second-order valence-corrected chi connectivity index (χ2v) is 3.99. The Morgan fingerprint density at radius 3 is 2.76 bits per heavy atom. The summed E-state index contributed by atoms with van der Waals surface area (Å²) in [6, 6.07) is 1.24. The second-order valence-electron chi connectivity index (χ2n) is 3.99. The number of halogens is 3. The monoisotopic (exact) mass is 250 g/mol. The summed E-state index contributed by atoms with van der Waals surface area (Å²) in [5, 5.41) is 8.45. The molecule has 1 heterocycles. The third kappa shape index (κ3) is 3.60. The summed E-state index contributed by atoms with van der Waals surface area (Å²) >= 11 is 0. The molecule has 0 amide bonds. The topological polar surface area (TPSA) is 53.3 Å². The van der Waals surface area contributed by atoms with Gasteiger partial charge >= 0.3 is 12.1 Å². The van der Waals surface area contributed by atoms with E-state index in [1.807, 2.05) is 0 Å². The number of methoxy groups -OCH3 is 1. The van der Waals surface area contributed by atoms with Gasteiger partial charge in [-0.3, -0.25) is 4.79 Å². The van der Waals surface area contributed by atoms with Crippen molar-refractivity contribution in [2.24, 2.45) is 11.8 Å². The molecule has 0 saturated carbocycles. The second kappa shape index (κ2) is 5.36. The van der Waals surface area contributed by atoms with Gasteiger partial charge in [-0.2, -0.15) is 18.4 Å². The molecule has 1 saturated heterocycles. The first kappa shape index (κ1) is 13.8. The highest BCUT2D eigenvalue weighted by molar-refractivity contribution is 5.72. The van der Waals surface area contributed by atoms with Crippen LogP contribution in [0.2, 0.25) is 0 Å². The molecule has 1 aliphatic rings. The third-order valence-corrected chi connectivity index (χ3v) is 2.80. The quantitative estimate of drug-likeness (QED) is 0.706. The van der Waals surface area contributed by atoms with E-state index in [1.165, 1.54) is 18.1 Å². The molecular formula is C10H13F3N2O2. The number of rotatable bonds is 3. The van der Waals surface area contributed by atoms with Crippen molar-refractivity contribution in [2.45, 2.75) is 12.6 Å². The molecule has 1 fully saturated rings. The Kier molecular flexibility index (Phi) is 4.34. The predicted octanol–water partition coefficient (Wildman–Crippen LogP) is 1.18. The lowest BCUT2D eigenvalue weighted by atomic mass is 10.1. The molecule has 0 aromatic heterocycles. The maximum absolute atomic E-state index is 12.4. The van der Waals surface area contributed by atoms with Crippen LogP contribution < -0.4 is 0 Å². The van der Waals surface area contributed by atoms with Crippen LogP contribution in [0.1, 0.15) is 6.42 Å². The largest absolute Gasteiger partial charge is 0.469 e. The van der Waals surface area contributed by atoms with E-state index >= 15 is 0 Å². The summed E-state index contributed by atoms with van der Waals surface area (Å²) in [5.74, 6) is -2.79. The zero-order valence-corrected chi connectivity index (χ0v) is 9.33. The summed E-state index contributed by atoms with van der Waals surface area (Å²) in [4.78, 5) is 12.7. The van der Waals surface area contributed by atoms with E-state index in [-0.39, 0.29) is 19.0 Å². The lowest BCUT2D eigenvalue weighted by Crippen LogP contribution is -2.35. The molecule has 0 spiro atoms. The van der Waals surface area contributed by atoms with Gasteiger partial charge in [0.05, 0.1) is 19.1 Å². The molecule has 0 N–H and O–H groups in total. The molecule has 0 aromatic carbocycles. The lowest BCUT2D eigenvalue weighted by molar-refractivity contribution is -0.162. The normalized spacial score (nSPS) is 23.1. The smallest absolute Gasteiger partial charge is 0.405 e. The van der Waals surface area contributed by atoms with Crippen LogP contribution in [0.4, 0.5) is 13.2 Å². The Balaban J connectivity index is 2.50. The summed E-state index contributed by atoms with van der Waals surface area (Å²) in [5.41, 5.74) is 0. The Morgan fingerprint density at radius 2 is 2.29 bits per heavy atom. The van der Waals surface area contributed by atoms with Gasteiger partial charge in [0.15, 0.2) is 5.92 Å².